The number of aromatic nitrogens is 2. The predicted octanol–water partition coefficient (Wildman–Crippen LogP) is 2.04. The number of carbonyl (C=O) groups excluding carboxylic acids is 1. The lowest BCUT2D eigenvalue weighted by Crippen LogP contribution is -2.50. The Balaban J connectivity index is 0.00000450. The molecule has 2 N–H and O–H groups in total. The maximum Gasteiger partial charge on any atom is 0.410 e. The van der Waals surface area contributed by atoms with E-state index in [1.807, 2.05) is 38.6 Å². The van der Waals surface area contributed by atoms with E-state index in [1.165, 1.54) is 0 Å². The van der Waals surface area contributed by atoms with Gasteiger partial charge < -0.3 is 20.3 Å². The number of rotatable bonds is 7. The van der Waals surface area contributed by atoms with Crippen molar-refractivity contribution in [3.63, 3.8) is 0 Å². The number of piperazine rings is 1. The molecule has 0 saturated carbocycles. The summed E-state index contributed by atoms with van der Waals surface area (Å²) in [6.45, 7) is 14.2. The number of ether oxygens (including phenoxy) is 1. The van der Waals surface area contributed by atoms with Gasteiger partial charge in [0.05, 0.1) is 12.2 Å². The fraction of sp³-hybridized carbons (Fsp3) is 0.750. The Kier molecular flexibility index (Phi) is 11.5. The number of aryl methyl sites for hydroxylation is 1. The largest absolute Gasteiger partial charge is 0.444 e. The summed E-state index contributed by atoms with van der Waals surface area (Å²) in [5, 5.41) is 10.8. The third-order valence-corrected chi connectivity index (χ3v) is 4.63. The van der Waals surface area contributed by atoms with Crippen molar-refractivity contribution in [3.05, 3.63) is 18.0 Å². The van der Waals surface area contributed by atoms with Crippen molar-refractivity contribution < 1.29 is 9.53 Å². The normalized spacial score (nSPS) is 15.5. The first kappa shape index (κ1) is 26.5. The van der Waals surface area contributed by atoms with Crippen LogP contribution in [0.5, 0.6) is 0 Å². The first-order valence-electron chi connectivity index (χ1n) is 10.5. The van der Waals surface area contributed by atoms with E-state index < -0.39 is 5.60 Å². The second kappa shape index (κ2) is 13.0. The van der Waals surface area contributed by atoms with Crippen LogP contribution in [0.1, 0.15) is 39.8 Å². The molecule has 1 aromatic heterocycles. The van der Waals surface area contributed by atoms with E-state index in [0.29, 0.717) is 6.54 Å². The highest BCUT2D eigenvalue weighted by Crippen LogP contribution is 2.11. The molecular weight excluding hydrogens is 497 g/mol. The van der Waals surface area contributed by atoms with Crippen LogP contribution in [0, 0.1) is 0 Å². The van der Waals surface area contributed by atoms with Gasteiger partial charge in [-0.1, -0.05) is 0 Å². The Morgan fingerprint density at radius 2 is 1.93 bits per heavy atom. The zero-order valence-electron chi connectivity index (χ0n) is 19.0. The highest BCUT2D eigenvalue weighted by atomic mass is 127. The van der Waals surface area contributed by atoms with E-state index >= 15 is 0 Å². The summed E-state index contributed by atoms with van der Waals surface area (Å²) in [6.07, 6.45) is 2.59. The number of hydrogen-bond acceptors (Lipinski definition) is 5. The van der Waals surface area contributed by atoms with Gasteiger partial charge in [-0.05, 0) is 46.7 Å². The molecule has 2 rings (SSSR count). The Hall–Kier alpha value is -1.56. The quantitative estimate of drug-likeness (QED) is 0.241. The minimum absolute atomic E-state index is 0. The highest BCUT2D eigenvalue weighted by Gasteiger charge is 2.25. The van der Waals surface area contributed by atoms with Gasteiger partial charge in [-0.15, -0.1) is 24.0 Å². The molecule has 0 aromatic carbocycles. The molecule has 0 bridgehead atoms. The molecule has 1 fully saturated rings. The van der Waals surface area contributed by atoms with Gasteiger partial charge in [0.2, 0.25) is 0 Å². The summed E-state index contributed by atoms with van der Waals surface area (Å²) >= 11 is 0. The summed E-state index contributed by atoms with van der Waals surface area (Å²) in [6, 6.07) is 1.98. The van der Waals surface area contributed by atoms with Gasteiger partial charge in [0, 0.05) is 52.5 Å². The molecule has 1 saturated heterocycles. The number of nitrogens with zero attached hydrogens (tertiary/aromatic N) is 5. The van der Waals surface area contributed by atoms with Crippen molar-refractivity contribution in [2.75, 3.05) is 45.8 Å². The molecule has 0 aliphatic carbocycles. The van der Waals surface area contributed by atoms with Gasteiger partial charge in [-0.25, -0.2) is 9.79 Å². The molecule has 0 atom stereocenters. The van der Waals surface area contributed by atoms with E-state index in [-0.39, 0.29) is 30.1 Å². The zero-order chi connectivity index (χ0) is 21.3. The van der Waals surface area contributed by atoms with Gasteiger partial charge in [0.15, 0.2) is 5.96 Å². The average molecular weight is 535 g/mol. The number of carbonyl (C=O) groups is 1. The van der Waals surface area contributed by atoms with Gasteiger partial charge in [-0.2, -0.15) is 5.10 Å². The molecule has 0 spiro atoms. The minimum Gasteiger partial charge on any atom is -0.444 e. The van der Waals surface area contributed by atoms with Crippen LogP contribution >= 0.6 is 24.0 Å². The van der Waals surface area contributed by atoms with E-state index in [2.05, 4.69) is 32.5 Å². The fourth-order valence-electron chi connectivity index (χ4n) is 3.05. The molecule has 172 valence electrons. The molecule has 1 aliphatic heterocycles. The van der Waals surface area contributed by atoms with E-state index in [0.717, 1.165) is 63.9 Å². The molecule has 10 heteroatoms. The van der Waals surface area contributed by atoms with Crippen LogP contribution < -0.4 is 10.6 Å². The molecular formula is C20H38IN7O2. The van der Waals surface area contributed by atoms with Crippen molar-refractivity contribution >= 4 is 36.0 Å². The molecule has 1 aromatic rings. The summed E-state index contributed by atoms with van der Waals surface area (Å²) < 4.78 is 7.29. The zero-order valence-corrected chi connectivity index (χ0v) is 21.3. The Morgan fingerprint density at radius 1 is 1.23 bits per heavy atom. The van der Waals surface area contributed by atoms with Crippen LogP contribution in [0.2, 0.25) is 0 Å². The smallest absolute Gasteiger partial charge is 0.410 e. The molecule has 30 heavy (non-hydrogen) atoms. The van der Waals surface area contributed by atoms with Gasteiger partial charge >= 0.3 is 6.09 Å². The standard InChI is InChI=1S/C20H37N7O2.HI/c1-6-21-18(23-16-17-8-10-24-25(17)5)22-9-7-11-26-12-14-27(15-13-26)19(28)29-20(2,3)4;/h8,10H,6-7,9,11-16H2,1-5H3,(H2,21,22,23);1H. The molecule has 0 unspecified atom stereocenters. The van der Waals surface area contributed by atoms with Crippen molar-refractivity contribution in [2.45, 2.75) is 46.3 Å². The molecule has 1 amide bonds. The summed E-state index contributed by atoms with van der Waals surface area (Å²) in [7, 11) is 1.92. The number of hydrogen-bond donors (Lipinski definition) is 2. The highest BCUT2D eigenvalue weighted by molar-refractivity contribution is 14.0. The maximum absolute atomic E-state index is 12.1. The minimum atomic E-state index is -0.442. The van der Waals surface area contributed by atoms with Crippen LogP contribution in [0.3, 0.4) is 0 Å². The average Bonchev–Trinajstić information content (AvgIpc) is 3.07. The lowest BCUT2D eigenvalue weighted by Gasteiger charge is -2.35. The Morgan fingerprint density at radius 3 is 2.50 bits per heavy atom. The fourth-order valence-corrected chi connectivity index (χ4v) is 3.05. The number of halogens is 1. The van der Waals surface area contributed by atoms with E-state index in [1.54, 1.807) is 11.1 Å². The van der Waals surface area contributed by atoms with Crippen molar-refractivity contribution in [1.82, 2.24) is 30.2 Å². The summed E-state index contributed by atoms with van der Waals surface area (Å²) in [5.41, 5.74) is 0.632. The van der Waals surface area contributed by atoms with Gasteiger partial charge in [-0.3, -0.25) is 9.58 Å². The lowest BCUT2D eigenvalue weighted by molar-refractivity contribution is 0.0145. The van der Waals surface area contributed by atoms with Crippen molar-refractivity contribution in [3.8, 4) is 0 Å². The lowest BCUT2D eigenvalue weighted by atomic mass is 10.2. The van der Waals surface area contributed by atoms with E-state index in [9.17, 15) is 4.79 Å². The topological polar surface area (TPSA) is 87.0 Å². The predicted molar refractivity (Wildman–Crippen MR) is 130 cm³/mol. The maximum atomic E-state index is 12.1. The third-order valence-electron chi connectivity index (χ3n) is 4.63. The molecule has 0 radical (unpaired) electrons. The molecule has 9 nitrogen and oxygen atoms in total. The van der Waals surface area contributed by atoms with Crippen LogP contribution in [0.25, 0.3) is 0 Å². The first-order valence-corrected chi connectivity index (χ1v) is 10.5. The molecule has 2 heterocycles. The van der Waals surface area contributed by atoms with Crippen molar-refractivity contribution in [1.29, 1.82) is 0 Å². The second-order valence-electron chi connectivity index (χ2n) is 8.23. The van der Waals surface area contributed by atoms with E-state index in [4.69, 9.17) is 4.74 Å². The summed E-state index contributed by atoms with van der Waals surface area (Å²) in [5.74, 6) is 0.823. The van der Waals surface area contributed by atoms with Crippen LogP contribution in [-0.2, 0) is 18.3 Å². The third kappa shape index (κ3) is 9.50. The van der Waals surface area contributed by atoms with Crippen LogP contribution in [0.4, 0.5) is 4.79 Å². The summed E-state index contributed by atoms with van der Waals surface area (Å²) in [4.78, 5) is 20.9. The van der Waals surface area contributed by atoms with Crippen LogP contribution in [0.15, 0.2) is 17.3 Å². The Labute approximate surface area is 197 Å². The van der Waals surface area contributed by atoms with Gasteiger partial charge in [0.1, 0.15) is 5.60 Å². The van der Waals surface area contributed by atoms with Gasteiger partial charge in [0.25, 0.3) is 0 Å². The van der Waals surface area contributed by atoms with Crippen LogP contribution in [-0.4, -0.2) is 83.0 Å². The second-order valence-corrected chi connectivity index (χ2v) is 8.23. The monoisotopic (exact) mass is 535 g/mol. The SMILES string of the molecule is CCNC(=NCc1ccnn1C)NCCCN1CCN(C(=O)OC(C)(C)C)CC1.I. The van der Waals surface area contributed by atoms with Crippen molar-refractivity contribution in [2.24, 2.45) is 12.0 Å². The number of amides is 1. The Bertz CT molecular complexity index is 664. The first-order chi connectivity index (χ1) is 13.8. The molecule has 1 aliphatic rings. The number of nitrogens with one attached hydrogen (secondary N) is 2. The number of aliphatic imine (C=N–C) groups is 1. The number of guanidine groups is 1.